The van der Waals surface area contributed by atoms with Crippen LogP contribution in [0.15, 0.2) is 0 Å². The first kappa shape index (κ1) is 11.4. The Balaban J connectivity index is 2.28. The van der Waals surface area contributed by atoms with Crippen molar-refractivity contribution in [3.63, 3.8) is 0 Å². The first-order valence-electron chi connectivity index (χ1n) is 4.77. The molecular weight excluding hydrogens is 194 g/mol. The second-order valence-corrected chi connectivity index (χ2v) is 3.64. The molecule has 1 fully saturated rings. The van der Waals surface area contributed by atoms with E-state index in [1.54, 1.807) is 0 Å². The molecule has 0 aromatic rings. The van der Waals surface area contributed by atoms with Crippen LogP contribution in [0, 0.1) is 5.92 Å². The third-order valence-electron chi connectivity index (χ3n) is 2.47. The second kappa shape index (κ2) is 4.68. The molecular formula is C9H14F2O3. The van der Waals surface area contributed by atoms with E-state index in [0.717, 1.165) is 32.1 Å². The van der Waals surface area contributed by atoms with E-state index in [9.17, 15) is 13.6 Å². The topological polar surface area (TPSA) is 46.5 Å². The van der Waals surface area contributed by atoms with Gasteiger partial charge in [0.25, 0.3) is 0 Å². The molecule has 0 unspecified atom stereocenters. The first-order chi connectivity index (χ1) is 6.52. The lowest BCUT2D eigenvalue weighted by Crippen LogP contribution is -2.33. The number of carbonyl (C=O) groups is 1. The molecule has 0 saturated heterocycles. The van der Waals surface area contributed by atoms with Crippen LogP contribution >= 0.6 is 0 Å². The molecule has 1 rings (SSSR count). The summed E-state index contributed by atoms with van der Waals surface area (Å²) < 4.78 is 29.1. The maximum atomic E-state index is 12.5. The lowest BCUT2D eigenvalue weighted by Gasteiger charge is -2.22. The summed E-state index contributed by atoms with van der Waals surface area (Å²) in [5, 5.41) is 8.10. The Morgan fingerprint density at radius 1 is 1.36 bits per heavy atom. The van der Waals surface area contributed by atoms with Crippen LogP contribution in [-0.2, 0) is 9.53 Å². The highest BCUT2D eigenvalue weighted by molar-refractivity contribution is 5.73. The number of aliphatic carboxylic acids is 1. The van der Waals surface area contributed by atoms with Gasteiger partial charge in [0, 0.05) is 0 Å². The van der Waals surface area contributed by atoms with Crippen molar-refractivity contribution in [2.45, 2.75) is 38.2 Å². The van der Waals surface area contributed by atoms with Crippen molar-refractivity contribution < 1.29 is 23.4 Å². The molecule has 0 atom stereocenters. The normalized spacial score (nSPS) is 19.6. The van der Waals surface area contributed by atoms with Gasteiger partial charge < -0.3 is 9.84 Å². The summed E-state index contributed by atoms with van der Waals surface area (Å²) in [6, 6.07) is 0. The maximum absolute atomic E-state index is 12.5. The predicted octanol–water partition coefficient (Wildman–Crippen LogP) is 2.26. The fourth-order valence-electron chi connectivity index (χ4n) is 1.64. The van der Waals surface area contributed by atoms with Gasteiger partial charge in [-0.1, -0.05) is 19.3 Å². The number of carboxylic acids is 1. The van der Waals surface area contributed by atoms with Crippen molar-refractivity contribution in [3.8, 4) is 0 Å². The lowest BCUT2D eigenvalue weighted by molar-refractivity contribution is -0.250. The van der Waals surface area contributed by atoms with E-state index < -0.39 is 12.1 Å². The smallest absolute Gasteiger partial charge is 0.455 e. The van der Waals surface area contributed by atoms with Crippen LogP contribution in [0.25, 0.3) is 0 Å². The minimum atomic E-state index is -4.03. The summed E-state index contributed by atoms with van der Waals surface area (Å²) >= 11 is 0. The highest BCUT2D eigenvalue weighted by Gasteiger charge is 2.41. The van der Waals surface area contributed by atoms with Crippen molar-refractivity contribution >= 4 is 5.97 Å². The van der Waals surface area contributed by atoms with Gasteiger partial charge in [-0.2, -0.15) is 8.78 Å². The molecule has 1 aliphatic carbocycles. The lowest BCUT2D eigenvalue weighted by atomic mass is 9.90. The van der Waals surface area contributed by atoms with Crippen molar-refractivity contribution in [2.24, 2.45) is 5.92 Å². The minimum Gasteiger partial charge on any atom is -0.475 e. The zero-order chi connectivity index (χ0) is 10.6. The SMILES string of the molecule is O=C(O)C(F)(F)OCC1CCCCC1. The second-order valence-electron chi connectivity index (χ2n) is 3.64. The van der Waals surface area contributed by atoms with Crippen molar-refractivity contribution in [3.05, 3.63) is 0 Å². The van der Waals surface area contributed by atoms with Gasteiger partial charge in [0.2, 0.25) is 0 Å². The average Bonchev–Trinajstić information content (AvgIpc) is 2.16. The Labute approximate surface area is 81.1 Å². The predicted molar refractivity (Wildman–Crippen MR) is 45.1 cm³/mol. The molecule has 1 aliphatic rings. The van der Waals surface area contributed by atoms with E-state index >= 15 is 0 Å². The monoisotopic (exact) mass is 208 g/mol. The van der Waals surface area contributed by atoms with Crippen LogP contribution in [0.1, 0.15) is 32.1 Å². The molecule has 0 amide bonds. The van der Waals surface area contributed by atoms with E-state index in [0.29, 0.717) is 0 Å². The molecule has 3 nitrogen and oxygen atoms in total. The number of alkyl halides is 2. The van der Waals surface area contributed by atoms with Crippen LogP contribution in [0.3, 0.4) is 0 Å². The summed E-state index contributed by atoms with van der Waals surface area (Å²) in [5.74, 6) is -2.12. The Bertz CT molecular complexity index is 200. The van der Waals surface area contributed by atoms with E-state index in [-0.39, 0.29) is 12.5 Å². The van der Waals surface area contributed by atoms with Crippen molar-refractivity contribution in [2.75, 3.05) is 6.61 Å². The molecule has 5 heteroatoms. The number of hydrogen-bond acceptors (Lipinski definition) is 2. The third kappa shape index (κ3) is 3.21. The molecule has 0 aromatic heterocycles. The summed E-state index contributed by atoms with van der Waals surface area (Å²) in [5.41, 5.74) is 0. The van der Waals surface area contributed by atoms with E-state index in [1.807, 2.05) is 0 Å². The van der Waals surface area contributed by atoms with Gasteiger partial charge in [0.05, 0.1) is 6.61 Å². The number of hydrogen-bond donors (Lipinski definition) is 1. The van der Waals surface area contributed by atoms with Crippen LogP contribution in [0.2, 0.25) is 0 Å². The van der Waals surface area contributed by atoms with Gasteiger partial charge >= 0.3 is 12.1 Å². The fourth-order valence-corrected chi connectivity index (χ4v) is 1.64. The zero-order valence-corrected chi connectivity index (χ0v) is 7.84. The molecule has 0 heterocycles. The number of carboxylic acid groups (broad SMARTS) is 1. The zero-order valence-electron chi connectivity index (χ0n) is 7.84. The van der Waals surface area contributed by atoms with Gasteiger partial charge in [-0.25, -0.2) is 4.79 Å². The Hall–Kier alpha value is -0.710. The van der Waals surface area contributed by atoms with Gasteiger partial charge in [-0.15, -0.1) is 0 Å². The Morgan fingerprint density at radius 3 is 2.43 bits per heavy atom. The number of ether oxygens (including phenoxy) is 1. The van der Waals surface area contributed by atoms with Gasteiger partial charge in [-0.3, -0.25) is 0 Å². The largest absolute Gasteiger partial charge is 0.475 e. The van der Waals surface area contributed by atoms with E-state index in [2.05, 4.69) is 4.74 Å². The molecule has 0 aliphatic heterocycles. The van der Waals surface area contributed by atoms with E-state index in [1.165, 1.54) is 0 Å². The van der Waals surface area contributed by atoms with Crippen LogP contribution < -0.4 is 0 Å². The van der Waals surface area contributed by atoms with Gasteiger partial charge in [0.15, 0.2) is 0 Å². The Kier molecular flexibility index (Phi) is 3.80. The van der Waals surface area contributed by atoms with Crippen molar-refractivity contribution in [1.82, 2.24) is 0 Å². The summed E-state index contributed by atoms with van der Waals surface area (Å²) in [7, 11) is 0. The average molecular weight is 208 g/mol. The van der Waals surface area contributed by atoms with Crippen LogP contribution in [-0.4, -0.2) is 23.8 Å². The highest BCUT2D eigenvalue weighted by atomic mass is 19.3. The Morgan fingerprint density at radius 2 is 1.93 bits per heavy atom. The van der Waals surface area contributed by atoms with E-state index in [4.69, 9.17) is 5.11 Å². The summed E-state index contributed by atoms with van der Waals surface area (Å²) in [6.45, 7) is -0.153. The first-order valence-corrected chi connectivity index (χ1v) is 4.77. The number of halogens is 2. The molecule has 82 valence electrons. The molecule has 14 heavy (non-hydrogen) atoms. The molecule has 1 N–H and O–H groups in total. The molecule has 1 saturated carbocycles. The number of rotatable bonds is 4. The van der Waals surface area contributed by atoms with Crippen LogP contribution in [0.4, 0.5) is 8.78 Å². The quantitative estimate of drug-likeness (QED) is 0.770. The fraction of sp³-hybridized carbons (Fsp3) is 0.889. The summed E-state index contributed by atoms with van der Waals surface area (Å²) in [4.78, 5) is 10.0. The minimum absolute atomic E-state index is 0.0916. The third-order valence-corrected chi connectivity index (χ3v) is 2.47. The maximum Gasteiger partial charge on any atom is 0.455 e. The molecule has 0 bridgehead atoms. The molecule has 0 spiro atoms. The summed E-state index contributed by atoms with van der Waals surface area (Å²) in [6.07, 6.45) is 0.855. The van der Waals surface area contributed by atoms with Gasteiger partial charge in [-0.05, 0) is 18.8 Å². The molecule has 0 aromatic carbocycles. The van der Waals surface area contributed by atoms with Gasteiger partial charge in [0.1, 0.15) is 0 Å². The standard InChI is InChI=1S/C9H14F2O3/c10-9(11,8(12)13)14-6-7-4-2-1-3-5-7/h7H,1-6H2,(H,12,13). The molecule has 0 radical (unpaired) electrons. The highest BCUT2D eigenvalue weighted by Crippen LogP contribution is 2.26. The van der Waals surface area contributed by atoms with Crippen LogP contribution in [0.5, 0.6) is 0 Å². The van der Waals surface area contributed by atoms with Crippen molar-refractivity contribution in [1.29, 1.82) is 0 Å².